The lowest BCUT2D eigenvalue weighted by atomic mass is 10.2. The summed E-state index contributed by atoms with van der Waals surface area (Å²) in [7, 11) is 6.27. The second-order valence-corrected chi connectivity index (χ2v) is 4.95. The van der Waals surface area contributed by atoms with E-state index < -0.39 is 0 Å². The summed E-state index contributed by atoms with van der Waals surface area (Å²) in [6, 6.07) is 4.10. The lowest BCUT2D eigenvalue weighted by molar-refractivity contribution is 0.401. The average molecular weight is 256 g/mol. The molecule has 0 saturated heterocycles. The Morgan fingerprint density at radius 2 is 1.88 bits per heavy atom. The van der Waals surface area contributed by atoms with E-state index in [-0.39, 0.29) is 0 Å². The molecule has 0 spiro atoms. The number of rotatable bonds is 6. The molecule has 17 heavy (non-hydrogen) atoms. The summed E-state index contributed by atoms with van der Waals surface area (Å²) in [6.45, 7) is 4.11. The van der Waals surface area contributed by atoms with Gasteiger partial charge in [-0.25, -0.2) is 4.98 Å². The van der Waals surface area contributed by atoms with E-state index in [9.17, 15) is 0 Å². The van der Waals surface area contributed by atoms with Crippen LogP contribution in [0.4, 0.5) is 5.82 Å². The van der Waals surface area contributed by atoms with Gasteiger partial charge >= 0.3 is 0 Å². The van der Waals surface area contributed by atoms with Gasteiger partial charge < -0.3 is 9.80 Å². The predicted octanol–water partition coefficient (Wildman–Crippen LogP) is 2.52. The third-order valence-electron chi connectivity index (χ3n) is 2.64. The van der Waals surface area contributed by atoms with E-state index in [0.717, 1.165) is 36.6 Å². The van der Waals surface area contributed by atoms with Crippen molar-refractivity contribution in [2.24, 2.45) is 0 Å². The summed E-state index contributed by atoms with van der Waals surface area (Å²) in [6.07, 6.45) is 1.13. The van der Waals surface area contributed by atoms with Gasteiger partial charge in [-0.3, -0.25) is 0 Å². The van der Waals surface area contributed by atoms with Gasteiger partial charge in [-0.15, -0.1) is 11.6 Å². The molecule has 0 atom stereocenters. The van der Waals surface area contributed by atoms with E-state index in [0.29, 0.717) is 5.88 Å². The fourth-order valence-corrected chi connectivity index (χ4v) is 1.89. The second kappa shape index (κ2) is 6.82. The minimum Gasteiger partial charge on any atom is -0.360 e. The Bertz CT molecular complexity index is 353. The van der Waals surface area contributed by atoms with Crippen LogP contribution in [0.25, 0.3) is 0 Å². The molecule has 0 aliphatic rings. The molecule has 1 aromatic rings. The van der Waals surface area contributed by atoms with Crippen molar-refractivity contribution < 1.29 is 0 Å². The summed E-state index contributed by atoms with van der Waals surface area (Å²) in [5, 5.41) is 0. The van der Waals surface area contributed by atoms with Crippen molar-refractivity contribution in [3.8, 4) is 0 Å². The second-order valence-electron chi connectivity index (χ2n) is 4.69. The number of alkyl halides is 1. The molecule has 0 bridgehead atoms. The van der Waals surface area contributed by atoms with E-state index in [4.69, 9.17) is 11.6 Å². The van der Waals surface area contributed by atoms with Crippen molar-refractivity contribution in [1.29, 1.82) is 0 Å². The van der Waals surface area contributed by atoms with E-state index in [2.05, 4.69) is 42.0 Å². The smallest absolute Gasteiger partial charge is 0.128 e. The van der Waals surface area contributed by atoms with Gasteiger partial charge in [0.1, 0.15) is 5.82 Å². The zero-order valence-corrected chi connectivity index (χ0v) is 12.0. The van der Waals surface area contributed by atoms with Gasteiger partial charge in [0, 0.05) is 25.2 Å². The van der Waals surface area contributed by atoms with Gasteiger partial charge in [-0.05, 0) is 51.7 Å². The van der Waals surface area contributed by atoms with Crippen molar-refractivity contribution in [3.05, 3.63) is 23.4 Å². The number of hydrogen-bond acceptors (Lipinski definition) is 3. The van der Waals surface area contributed by atoms with Gasteiger partial charge in [0.15, 0.2) is 0 Å². The van der Waals surface area contributed by atoms with Gasteiger partial charge in [0.2, 0.25) is 0 Å². The molecule has 0 aromatic carbocycles. The van der Waals surface area contributed by atoms with Crippen LogP contribution in [0.2, 0.25) is 0 Å². The molecule has 4 heteroatoms. The molecule has 0 unspecified atom stereocenters. The van der Waals surface area contributed by atoms with Gasteiger partial charge in [-0.2, -0.15) is 0 Å². The number of halogens is 1. The molecule has 0 amide bonds. The lowest BCUT2D eigenvalue weighted by Gasteiger charge is -2.20. The number of pyridine rings is 1. The fourth-order valence-electron chi connectivity index (χ4n) is 1.73. The summed E-state index contributed by atoms with van der Waals surface area (Å²) in [5.41, 5.74) is 2.16. The standard InChI is InChI=1S/C13H22ClN3/c1-11-8-12(10-14)9-13(15-11)17(4)7-5-6-16(2)3/h8-9H,5-7,10H2,1-4H3. The summed E-state index contributed by atoms with van der Waals surface area (Å²) in [5.74, 6) is 1.56. The zero-order chi connectivity index (χ0) is 12.8. The first-order chi connectivity index (χ1) is 8.02. The van der Waals surface area contributed by atoms with Crippen LogP contribution in [0, 0.1) is 6.92 Å². The Morgan fingerprint density at radius 3 is 2.47 bits per heavy atom. The number of hydrogen-bond donors (Lipinski definition) is 0. The molecule has 0 aliphatic heterocycles. The molecule has 0 saturated carbocycles. The largest absolute Gasteiger partial charge is 0.360 e. The van der Waals surface area contributed by atoms with Crippen molar-refractivity contribution in [2.75, 3.05) is 39.1 Å². The Morgan fingerprint density at radius 1 is 1.18 bits per heavy atom. The number of anilines is 1. The van der Waals surface area contributed by atoms with Crippen LogP contribution in [0.1, 0.15) is 17.7 Å². The third-order valence-corrected chi connectivity index (χ3v) is 2.95. The van der Waals surface area contributed by atoms with Crippen LogP contribution in [0.5, 0.6) is 0 Å². The highest BCUT2D eigenvalue weighted by atomic mass is 35.5. The minimum absolute atomic E-state index is 0.544. The number of aromatic nitrogens is 1. The van der Waals surface area contributed by atoms with Gasteiger partial charge in [-0.1, -0.05) is 0 Å². The SMILES string of the molecule is Cc1cc(CCl)cc(N(C)CCCN(C)C)n1. The highest BCUT2D eigenvalue weighted by Crippen LogP contribution is 2.15. The number of aryl methyl sites for hydroxylation is 1. The van der Waals surface area contributed by atoms with Gasteiger partial charge in [0.05, 0.1) is 0 Å². The first-order valence-corrected chi connectivity index (χ1v) is 6.45. The molecule has 0 radical (unpaired) electrons. The first kappa shape index (κ1) is 14.3. The number of nitrogens with zero attached hydrogens (tertiary/aromatic N) is 3. The van der Waals surface area contributed by atoms with Crippen molar-refractivity contribution >= 4 is 17.4 Å². The monoisotopic (exact) mass is 255 g/mol. The molecule has 1 aromatic heterocycles. The van der Waals surface area contributed by atoms with Crippen LogP contribution >= 0.6 is 11.6 Å². The molecule has 0 aliphatic carbocycles. The predicted molar refractivity (Wildman–Crippen MR) is 75.0 cm³/mol. The third kappa shape index (κ3) is 4.92. The quantitative estimate of drug-likeness (QED) is 0.729. The molecule has 1 rings (SSSR count). The van der Waals surface area contributed by atoms with Crippen molar-refractivity contribution in [3.63, 3.8) is 0 Å². The Hall–Kier alpha value is -0.800. The van der Waals surface area contributed by atoms with Crippen LogP contribution in [0.3, 0.4) is 0 Å². The first-order valence-electron chi connectivity index (χ1n) is 5.92. The maximum Gasteiger partial charge on any atom is 0.128 e. The zero-order valence-electron chi connectivity index (χ0n) is 11.2. The van der Waals surface area contributed by atoms with Gasteiger partial charge in [0.25, 0.3) is 0 Å². The normalized spacial score (nSPS) is 10.9. The molecule has 0 N–H and O–H groups in total. The molecule has 0 fully saturated rings. The maximum atomic E-state index is 5.87. The van der Waals surface area contributed by atoms with Crippen LogP contribution in [0.15, 0.2) is 12.1 Å². The highest BCUT2D eigenvalue weighted by Gasteiger charge is 2.05. The Balaban J connectivity index is 2.61. The molecule has 1 heterocycles. The average Bonchev–Trinajstić information content (AvgIpc) is 2.27. The van der Waals surface area contributed by atoms with Crippen LogP contribution in [-0.2, 0) is 5.88 Å². The molecular formula is C13H22ClN3. The van der Waals surface area contributed by atoms with E-state index in [1.165, 1.54) is 0 Å². The Kier molecular flexibility index (Phi) is 5.72. The Labute approximate surface area is 109 Å². The van der Waals surface area contributed by atoms with Crippen LogP contribution < -0.4 is 4.90 Å². The summed E-state index contributed by atoms with van der Waals surface area (Å²) >= 11 is 5.87. The minimum atomic E-state index is 0.544. The van der Waals surface area contributed by atoms with E-state index in [1.54, 1.807) is 0 Å². The molecule has 3 nitrogen and oxygen atoms in total. The maximum absolute atomic E-state index is 5.87. The van der Waals surface area contributed by atoms with Crippen LogP contribution in [-0.4, -0.2) is 44.1 Å². The summed E-state index contributed by atoms with van der Waals surface area (Å²) < 4.78 is 0. The lowest BCUT2D eigenvalue weighted by Crippen LogP contribution is -2.24. The molecular weight excluding hydrogens is 234 g/mol. The van der Waals surface area contributed by atoms with Crippen molar-refractivity contribution in [2.45, 2.75) is 19.2 Å². The fraction of sp³-hybridized carbons (Fsp3) is 0.615. The highest BCUT2D eigenvalue weighted by molar-refractivity contribution is 6.17. The molecule has 96 valence electrons. The topological polar surface area (TPSA) is 19.4 Å². The van der Waals surface area contributed by atoms with E-state index >= 15 is 0 Å². The summed E-state index contributed by atoms with van der Waals surface area (Å²) in [4.78, 5) is 8.92. The van der Waals surface area contributed by atoms with Crippen molar-refractivity contribution in [1.82, 2.24) is 9.88 Å². The van der Waals surface area contributed by atoms with E-state index in [1.807, 2.05) is 13.0 Å².